The fourth-order valence-electron chi connectivity index (χ4n) is 1.05. The van der Waals surface area contributed by atoms with Crippen LogP contribution in [0.15, 0.2) is 11.1 Å². The minimum absolute atomic E-state index is 0.341. The molecule has 12 heavy (non-hydrogen) atoms. The first-order valence-corrected chi connectivity index (χ1v) is 3.84. The summed E-state index contributed by atoms with van der Waals surface area (Å²) in [6, 6.07) is 1.74. The molecule has 1 aromatic heterocycles. The van der Waals surface area contributed by atoms with Gasteiger partial charge in [0.15, 0.2) is 0 Å². The maximum Gasteiger partial charge on any atom is 0.287 e. The average Bonchev–Trinajstić information content (AvgIpc) is 2.30. The van der Waals surface area contributed by atoms with Crippen LogP contribution in [0.1, 0.15) is 21.7 Å². The zero-order valence-corrected chi connectivity index (χ0v) is 7.66. The number of aromatic nitrogens is 1. The van der Waals surface area contributed by atoms with Crippen molar-refractivity contribution in [3.05, 3.63) is 23.0 Å². The Morgan fingerprint density at radius 2 is 2.33 bits per heavy atom. The summed E-state index contributed by atoms with van der Waals surface area (Å²) >= 11 is 4.33. The van der Waals surface area contributed by atoms with E-state index in [9.17, 15) is 4.79 Å². The summed E-state index contributed by atoms with van der Waals surface area (Å²) in [7, 11) is 0. The monoisotopic (exact) mass is 180 g/mol. The highest BCUT2D eigenvalue weighted by molar-refractivity contribution is 7.78. The summed E-state index contributed by atoms with van der Waals surface area (Å²) in [5, 5.41) is 2.05. The maximum atomic E-state index is 11.2. The lowest BCUT2D eigenvalue weighted by molar-refractivity contribution is 0.100. The Hall–Kier alpha value is -1.25. The molecular formula is C8H8N2OS. The molecule has 0 unspecified atom stereocenters. The summed E-state index contributed by atoms with van der Waals surface area (Å²) in [5.74, 6) is -0.341. The van der Waals surface area contributed by atoms with Crippen molar-refractivity contribution in [1.82, 2.24) is 4.98 Å². The molecule has 0 saturated heterocycles. The summed E-state index contributed by atoms with van der Waals surface area (Å²) in [4.78, 5) is 17.5. The molecule has 0 atom stereocenters. The third kappa shape index (κ3) is 1.67. The number of rotatable bonds is 1. The summed E-state index contributed by atoms with van der Waals surface area (Å²) in [6.45, 7) is 3.70. The van der Waals surface area contributed by atoms with Crippen LogP contribution in [0.2, 0.25) is 0 Å². The third-order valence-corrected chi connectivity index (χ3v) is 1.62. The molecule has 1 heterocycles. The third-order valence-electron chi connectivity index (χ3n) is 1.53. The van der Waals surface area contributed by atoms with E-state index in [2.05, 4.69) is 22.2 Å². The number of nitrogens with zero attached hydrogens (tertiary/aromatic N) is 1. The Bertz CT molecular complexity index is 361. The van der Waals surface area contributed by atoms with E-state index in [1.54, 1.807) is 6.07 Å². The van der Waals surface area contributed by atoms with E-state index in [1.807, 2.05) is 19.0 Å². The highest BCUT2D eigenvalue weighted by Gasteiger charge is 2.08. The van der Waals surface area contributed by atoms with Crippen LogP contribution in [0.3, 0.4) is 0 Å². The van der Waals surface area contributed by atoms with Gasteiger partial charge >= 0.3 is 0 Å². The second kappa shape index (κ2) is 3.43. The van der Waals surface area contributed by atoms with Gasteiger partial charge in [-0.2, -0.15) is 4.99 Å². The fraction of sp³-hybridized carbons (Fsp3) is 0.250. The van der Waals surface area contributed by atoms with Crippen LogP contribution in [-0.2, 0) is 0 Å². The van der Waals surface area contributed by atoms with Crippen LogP contribution in [0.4, 0.5) is 0 Å². The van der Waals surface area contributed by atoms with Crippen molar-refractivity contribution in [1.29, 1.82) is 0 Å². The van der Waals surface area contributed by atoms with Gasteiger partial charge in [-0.1, -0.05) is 0 Å². The van der Waals surface area contributed by atoms with Gasteiger partial charge in [0.25, 0.3) is 5.91 Å². The van der Waals surface area contributed by atoms with Crippen LogP contribution in [0, 0.1) is 13.8 Å². The smallest absolute Gasteiger partial charge is 0.287 e. The minimum atomic E-state index is -0.341. The Labute approximate surface area is 75.5 Å². The first-order chi connectivity index (χ1) is 5.65. The molecule has 62 valence electrons. The van der Waals surface area contributed by atoms with Crippen molar-refractivity contribution in [3.63, 3.8) is 0 Å². The highest BCUT2D eigenvalue weighted by atomic mass is 32.1. The molecule has 1 aromatic rings. The van der Waals surface area contributed by atoms with Crippen LogP contribution >= 0.6 is 12.2 Å². The first kappa shape index (κ1) is 8.84. The molecule has 1 amide bonds. The molecule has 1 rings (SSSR count). The van der Waals surface area contributed by atoms with Gasteiger partial charge in [-0.25, -0.2) is 0 Å². The van der Waals surface area contributed by atoms with Gasteiger partial charge in [0.05, 0.1) is 10.7 Å². The fourth-order valence-corrected chi connectivity index (χ4v) is 1.13. The number of hydrogen-bond acceptors (Lipinski definition) is 2. The summed E-state index contributed by atoms with van der Waals surface area (Å²) in [6.07, 6.45) is 0. The molecule has 0 aromatic carbocycles. The number of hydrogen-bond donors (Lipinski definition) is 1. The number of isothiocyanates is 1. The Balaban J connectivity index is 3.10. The van der Waals surface area contributed by atoms with Gasteiger partial charge in [-0.15, -0.1) is 0 Å². The molecular weight excluding hydrogens is 172 g/mol. The van der Waals surface area contributed by atoms with Gasteiger partial charge in [0, 0.05) is 11.4 Å². The van der Waals surface area contributed by atoms with Crippen molar-refractivity contribution < 1.29 is 4.79 Å². The number of thiocarbonyl (C=S) groups is 1. The van der Waals surface area contributed by atoms with Gasteiger partial charge in [-0.3, -0.25) is 4.79 Å². The molecule has 0 aliphatic heterocycles. The number of H-pyrrole nitrogens is 1. The number of amides is 1. The topological polar surface area (TPSA) is 45.2 Å². The lowest BCUT2D eigenvalue weighted by Crippen LogP contribution is -1.93. The minimum Gasteiger partial charge on any atom is -0.362 e. The molecule has 0 saturated carbocycles. The van der Waals surface area contributed by atoms with Crippen LogP contribution < -0.4 is 0 Å². The molecule has 1 N–H and O–H groups in total. The first-order valence-electron chi connectivity index (χ1n) is 3.43. The average molecular weight is 180 g/mol. The number of carbonyl (C=O) groups excluding carboxylic acids is 1. The number of aromatic amines is 1. The molecule has 0 bridgehead atoms. The molecule has 0 aliphatic carbocycles. The normalized spacial score (nSPS) is 9.17. The van der Waals surface area contributed by atoms with Gasteiger partial charge in [-0.05, 0) is 32.1 Å². The Morgan fingerprint density at radius 3 is 2.75 bits per heavy atom. The van der Waals surface area contributed by atoms with Gasteiger partial charge in [0.1, 0.15) is 0 Å². The number of aliphatic imine (C=N–C) groups is 1. The SMILES string of the molecule is Cc1cc(C(=O)N=C=S)c(C)[nH]1. The quantitative estimate of drug-likeness (QED) is 0.529. The molecule has 0 aliphatic rings. The predicted molar refractivity (Wildman–Crippen MR) is 49.6 cm³/mol. The van der Waals surface area contributed by atoms with Crippen LogP contribution in [0.25, 0.3) is 0 Å². The molecule has 0 spiro atoms. The van der Waals surface area contributed by atoms with E-state index in [1.165, 1.54) is 0 Å². The molecule has 4 heteroatoms. The molecule has 0 fully saturated rings. The predicted octanol–water partition coefficient (Wildman–Crippen LogP) is 1.87. The van der Waals surface area contributed by atoms with E-state index in [0.29, 0.717) is 5.56 Å². The van der Waals surface area contributed by atoms with E-state index >= 15 is 0 Å². The van der Waals surface area contributed by atoms with E-state index in [4.69, 9.17) is 0 Å². The second-order valence-electron chi connectivity index (χ2n) is 2.50. The van der Waals surface area contributed by atoms with Crippen molar-refractivity contribution in [3.8, 4) is 0 Å². The van der Waals surface area contributed by atoms with Crippen LogP contribution in [0.5, 0.6) is 0 Å². The van der Waals surface area contributed by atoms with Gasteiger partial charge < -0.3 is 4.98 Å². The summed E-state index contributed by atoms with van der Waals surface area (Å²) in [5.41, 5.74) is 2.31. The Morgan fingerprint density at radius 1 is 1.67 bits per heavy atom. The van der Waals surface area contributed by atoms with Crippen molar-refractivity contribution >= 4 is 23.3 Å². The largest absolute Gasteiger partial charge is 0.362 e. The number of carbonyl (C=O) groups is 1. The van der Waals surface area contributed by atoms with Gasteiger partial charge in [0.2, 0.25) is 0 Å². The van der Waals surface area contributed by atoms with Crippen molar-refractivity contribution in [2.45, 2.75) is 13.8 Å². The molecule has 0 radical (unpaired) electrons. The Kier molecular flexibility index (Phi) is 2.53. The van der Waals surface area contributed by atoms with Crippen molar-refractivity contribution in [2.24, 2.45) is 4.99 Å². The van der Waals surface area contributed by atoms with E-state index in [-0.39, 0.29) is 5.91 Å². The standard InChI is InChI=1S/C8H8N2OS/c1-5-3-7(6(2)10-5)8(11)9-4-12/h3,10H,1-2H3. The molecule has 3 nitrogen and oxygen atoms in total. The highest BCUT2D eigenvalue weighted by Crippen LogP contribution is 2.09. The van der Waals surface area contributed by atoms with E-state index in [0.717, 1.165) is 11.4 Å². The number of aryl methyl sites for hydroxylation is 2. The number of nitrogens with one attached hydrogen (secondary N) is 1. The lowest BCUT2D eigenvalue weighted by atomic mass is 10.2. The van der Waals surface area contributed by atoms with Crippen molar-refractivity contribution in [2.75, 3.05) is 0 Å². The maximum absolute atomic E-state index is 11.2. The van der Waals surface area contributed by atoms with Crippen LogP contribution in [-0.4, -0.2) is 16.1 Å². The second-order valence-corrected chi connectivity index (χ2v) is 2.68. The zero-order valence-electron chi connectivity index (χ0n) is 6.84. The zero-order chi connectivity index (χ0) is 9.14. The lowest BCUT2D eigenvalue weighted by Gasteiger charge is -1.88. The van der Waals surface area contributed by atoms with E-state index < -0.39 is 0 Å². The summed E-state index contributed by atoms with van der Waals surface area (Å²) < 4.78 is 0.